The second-order valence-electron chi connectivity index (χ2n) is 4.48. The topological polar surface area (TPSA) is 133 Å². The van der Waals surface area contributed by atoms with E-state index < -0.39 is 23.7 Å². The number of carbonyl (C=O) groups is 4. The molecule has 23 heavy (non-hydrogen) atoms. The summed E-state index contributed by atoms with van der Waals surface area (Å²) in [7, 11) is 0. The Kier molecular flexibility index (Phi) is 3.30. The third-order valence-electron chi connectivity index (χ3n) is 3.04. The van der Waals surface area contributed by atoms with Crippen LogP contribution in [0.4, 0.5) is 0 Å². The van der Waals surface area contributed by atoms with Gasteiger partial charge in [-0.25, -0.2) is 14.8 Å². The van der Waals surface area contributed by atoms with Gasteiger partial charge in [-0.1, -0.05) is 17.2 Å². The number of imide groups is 1. The van der Waals surface area contributed by atoms with Crippen LogP contribution in [-0.2, 0) is 4.84 Å². The summed E-state index contributed by atoms with van der Waals surface area (Å²) in [5.74, 6) is -3.37. The van der Waals surface area contributed by atoms with E-state index in [-0.39, 0.29) is 22.5 Å². The van der Waals surface area contributed by atoms with Gasteiger partial charge in [0.25, 0.3) is 17.7 Å². The molecule has 0 saturated carbocycles. The number of hydrogen-bond acceptors (Lipinski definition) is 7. The van der Waals surface area contributed by atoms with Gasteiger partial charge < -0.3 is 10.6 Å². The van der Waals surface area contributed by atoms with Gasteiger partial charge in [-0.15, -0.1) is 0 Å². The number of benzene rings is 1. The molecule has 1 aromatic carbocycles. The molecule has 1 aromatic heterocycles. The van der Waals surface area contributed by atoms with Crippen molar-refractivity contribution < 1.29 is 24.0 Å². The van der Waals surface area contributed by atoms with E-state index in [2.05, 4.69) is 9.97 Å². The van der Waals surface area contributed by atoms with Crippen molar-refractivity contribution in [2.45, 2.75) is 0 Å². The molecule has 3 rings (SSSR count). The first kappa shape index (κ1) is 14.3. The van der Waals surface area contributed by atoms with Crippen LogP contribution in [-0.4, -0.2) is 38.7 Å². The Hall–Kier alpha value is -3.62. The maximum Gasteiger partial charge on any atom is 0.383 e. The summed E-state index contributed by atoms with van der Waals surface area (Å²) in [6, 6.07) is 6.07. The number of rotatable bonds is 3. The molecule has 9 heteroatoms. The van der Waals surface area contributed by atoms with Gasteiger partial charge in [0.15, 0.2) is 5.69 Å². The van der Waals surface area contributed by atoms with E-state index in [1.165, 1.54) is 12.1 Å². The average Bonchev–Trinajstić information content (AvgIpc) is 2.80. The molecular formula is C14H8N4O5. The Labute approximate surface area is 128 Å². The number of primary amides is 1. The number of amides is 3. The molecule has 0 fully saturated rings. The molecule has 0 atom stereocenters. The smallest absolute Gasteiger partial charge is 0.364 e. The molecule has 1 aliphatic heterocycles. The van der Waals surface area contributed by atoms with Crippen LogP contribution in [0.5, 0.6) is 0 Å². The maximum atomic E-state index is 12.0. The van der Waals surface area contributed by atoms with Gasteiger partial charge in [0.2, 0.25) is 0 Å². The fourth-order valence-electron chi connectivity index (χ4n) is 1.94. The third kappa shape index (κ3) is 2.39. The van der Waals surface area contributed by atoms with Crippen LogP contribution < -0.4 is 5.73 Å². The van der Waals surface area contributed by atoms with Gasteiger partial charge in [0.05, 0.1) is 23.5 Å². The lowest BCUT2D eigenvalue weighted by molar-refractivity contribution is -0.0588. The zero-order valence-corrected chi connectivity index (χ0v) is 11.4. The van der Waals surface area contributed by atoms with Gasteiger partial charge in [-0.05, 0) is 12.1 Å². The Morgan fingerprint density at radius 3 is 1.96 bits per heavy atom. The lowest BCUT2D eigenvalue weighted by atomic mass is 10.1. The van der Waals surface area contributed by atoms with Crippen LogP contribution in [0.15, 0.2) is 36.7 Å². The fraction of sp³-hybridized carbons (Fsp3) is 0. The van der Waals surface area contributed by atoms with E-state index in [0.29, 0.717) is 5.06 Å². The highest BCUT2D eigenvalue weighted by atomic mass is 16.7. The summed E-state index contributed by atoms with van der Waals surface area (Å²) in [6.45, 7) is 0. The summed E-state index contributed by atoms with van der Waals surface area (Å²) >= 11 is 0. The van der Waals surface area contributed by atoms with Crippen LogP contribution in [0.3, 0.4) is 0 Å². The predicted molar refractivity (Wildman–Crippen MR) is 72.9 cm³/mol. The van der Waals surface area contributed by atoms with Crippen molar-refractivity contribution in [3.8, 4) is 0 Å². The molecular weight excluding hydrogens is 304 g/mol. The van der Waals surface area contributed by atoms with Crippen LogP contribution in [0.1, 0.15) is 41.7 Å². The number of hydrogen-bond donors (Lipinski definition) is 1. The van der Waals surface area contributed by atoms with E-state index in [0.717, 1.165) is 12.4 Å². The summed E-state index contributed by atoms with van der Waals surface area (Å²) in [5, 5.41) is 0.358. The highest BCUT2D eigenvalue weighted by Crippen LogP contribution is 2.23. The van der Waals surface area contributed by atoms with E-state index in [4.69, 9.17) is 10.6 Å². The Morgan fingerprint density at radius 1 is 0.957 bits per heavy atom. The highest BCUT2D eigenvalue weighted by Gasteiger charge is 2.39. The minimum atomic E-state index is -1.07. The first-order chi connectivity index (χ1) is 11.0. The van der Waals surface area contributed by atoms with Crippen LogP contribution in [0, 0.1) is 0 Å². The van der Waals surface area contributed by atoms with Crippen molar-refractivity contribution >= 4 is 23.7 Å². The number of carbonyl (C=O) groups excluding carboxylic acids is 4. The van der Waals surface area contributed by atoms with Crippen molar-refractivity contribution in [3.63, 3.8) is 0 Å². The van der Waals surface area contributed by atoms with Gasteiger partial charge in [-0.2, -0.15) is 0 Å². The van der Waals surface area contributed by atoms with Gasteiger partial charge in [0, 0.05) is 0 Å². The van der Waals surface area contributed by atoms with Crippen LogP contribution >= 0.6 is 0 Å². The molecule has 3 amide bonds. The minimum absolute atomic E-state index is 0.137. The van der Waals surface area contributed by atoms with Gasteiger partial charge in [-0.3, -0.25) is 14.4 Å². The standard InChI is InChI=1S/C14H8N4O5/c15-11(19)9-5-17-10(6-16-9)14(22)23-18-12(20)7-3-1-2-4-8(7)13(18)21/h1-6H,(H2,15,19). The predicted octanol–water partition coefficient (Wildman–Crippen LogP) is -0.0565. The molecule has 2 aromatic rings. The largest absolute Gasteiger partial charge is 0.383 e. The van der Waals surface area contributed by atoms with Gasteiger partial charge >= 0.3 is 5.97 Å². The second-order valence-corrected chi connectivity index (χ2v) is 4.48. The van der Waals surface area contributed by atoms with Crippen molar-refractivity contribution in [1.29, 1.82) is 0 Å². The Balaban J connectivity index is 1.80. The highest BCUT2D eigenvalue weighted by molar-refractivity contribution is 6.21. The van der Waals surface area contributed by atoms with E-state index in [1.807, 2.05) is 0 Å². The summed E-state index contributed by atoms with van der Waals surface area (Å²) < 4.78 is 0. The molecule has 9 nitrogen and oxygen atoms in total. The molecule has 1 aliphatic rings. The molecule has 2 heterocycles. The molecule has 114 valence electrons. The number of aromatic nitrogens is 2. The number of nitrogens with two attached hydrogens (primary N) is 1. The molecule has 2 N–H and O–H groups in total. The first-order valence-corrected chi connectivity index (χ1v) is 6.31. The summed E-state index contributed by atoms with van der Waals surface area (Å²) in [5.41, 5.74) is 4.86. The minimum Gasteiger partial charge on any atom is -0.364 e. The molecule has 0 radical (unpaired) electrons. The van der Waals surface area contributed by atoms with Crippen LogP contribution in [0.25, 0.3) is 0 Å². The van der Waals surface area contributed by atoms with Crippen molar-refractivity contribution in [2.75, 3.05) is 0 Å². The van der Waals surface area contributed by atoms with Gasteiger partial charge in [0.1, 0.15) is 5.69 Å². The normalized spacial score (nSPS) is 13.0. The molecule has 0 aliphatic carbocycles. The number of fused-ring (bicyclic) bond motifs is 1. The van der Waals surface area contributed by atoms with E-state index >= 15 is 0 Å². The molecule has 0 spiro atoms. The summed E-state index contributed by atoms with van der Waals surface area (Å²) in [6.07, 6.45) is 1.95. The Bertz CT molecular complexity index is 812. The van der Waals surface area contributed by atoms with Crippen molar-refractivity contribution in [1.82, 2.24) is 15.0 Å². The zero-order chi connectivity index (χ0) is 16.6. The molecule has 0 bridgehead atoms. The van der Waals surface area contributed by atoms with E-state index in [9.17, 15) is 19.2 Å². The maximum absolute atomic E-state index is 12.0. The lowest BCUT2D eigenvalue weighted by Crippen LogP contribution is -2.33. The van der Waals surface area contributed by atoms with Crippen molar-refractivity contribution in [3.05, 3.63) is 59.2 Å². The fourth-order valence-corrected chi connectivity index (χ4v) is 1.94. The van der Waals surface area contributed by atoms with Crippen molar-refractivity contribution in [2.24, 2.45) is 5.73 Å². The monoisotopic (exact) mass is 312 g/mol. The summed E-state index contributed by atoms with van der Waals surface area (Å²) in [4.78, 5) is 59.0. The number of nitrogens with zero attached hydrogens (tertiary/aromatic N) is 3. The lowest BCUT2D eigenvalue weighted by Gasteiger charge is -2.11. The zero-order valence-electron chi connectivity index (χ0n) is 11.4. The molecule has 0 saturated heterocycles. The first-order valence-electron chi connectivity index (χ1n) is 6.31. The molecule has 0 unspecified atom stereocenters. The quantitative estimate of drug-likeness (QED) is 0.785. The van der Waals surface area contributed by atoms with E-state index in [1.54, 1.807) is 12.1 Å². The van der Waals surface area contributed by atoms with Crippen LogP contribution in [0.2, 0.25) is 0 Å². The average molecular weight is 312 g/mol. The Morgan fingerprint density at radius 2 is 1.48 bits per heavy atom. The SMILES string of the molecule is NC(=O)c1cnc(C(=O)ON2C(=O)c3ccccc3C2=O)cn1. The third-order valence-corrected chi connectivity index (χ3v) is 3.04. The second kappa shape index (κ2) is 5.30. The number of hydroxylamine groups is 2.